The molecule has 1 atom stereocenters. The van der Waals surface area contributed by atoms with Crippen LogP contribution in [0, 0.1) is 0 Å². The zero-order valence-corrected chi connectivity index (χ0v) is 13.5. The molecule has 2 aromatic carbocycles. The number of halogens is 3. The maximum absolute atomic E-state index is 12.7. The molecule has 0 aliphatic heterocycles. The monoisotopic (exact) mass is 339 g/mol. The number of thioether (sulfide) groups is 1. The van der Waals surface area contributed by atoms with E-state index in [1.165, 1.54) is 12.1 Å². The highest BCUT2D eigenvalue weighted by molar-refractivity contribution is 7.98. The van der Waals surface area contributed by atoms with Gasteiger partial charge in [0.1, 0.15) is 0 Å². The molecule has 6 heteroatoms. The van der Waals surface area contributed by atoms with Gasteiger partial charge >= 0.3 is 6.18 Å². The quantitative estimate of drug-likeness (QED) is 0.801. The van der Waals surface area contributed by atoms with Crippen molar-refractivity contribution in [3.63, 3.8) is 0 Å². The fourth-order valence-electron chi connectivity index (χ4n) is 2.09. The molecular weight excluding hydrogens is 323 g/mol. The van der Waals surface area contributed by atoms with Crippen LogP contribution in [0.5, 0.6) is 0 Å². The van der Waals surface area contributed by atoms with Gasteiger partial charge in [0.05, 0.1) is 11.6 Å². The zero-order valence-electron chi connectivity index (χ0n) is 12.6. The largest absolute Gasteiger partial charge is 0.416 e. The Kier molecular flexibility index (Phi) is 5.36. The molecular formula is C17H16F3NOS. The van der Waals surface area contributed by atoms with Gasteiger partial charge in [-0.25, -0.2) is 0 Å². The average molecular weight is 339 g/mol. The molecule has 0 saturated heterocycles. The van der Waals surface area contributed by atoms with E-state index in [-0.39, 0.29) is 11.6 Å². The molecule has 2 rings (SSSR count). The Morgan fingerprint density at radius 3 is 2.35 bits per heavy atom. The smallest absolute Gasteiger partial charge is 0.346 e. The van der Waals surface area contributed by atoms with Gasteiger partial charge < -0.3 is 5.32 Å². The summed E-state index contributed by atoms with van der Waals surface area (Å²) in [5, 5.41) is 2.72. The van der Waals surface area contributed by atoms with Gasteiger partial charge in [-0.3, -0.25) is 4.79 Å². The fraction of sp³-hybridized carbons (Fsp3) is 0.235. The van der Waals surface area contributed by atoms with Gasteiger partial charge in [-0.2, -0.15) is 13.2 Å². The molecule has 122 valence electrons. The van der Waals surface area contributed by atoms with Crippen molar-refractivity contribution in [2.45, 2.75) is 24.0 Å². The summed E-state index contributed by atoms with van der Waals surface area (Å²) in [7, 11) is 0. The second-order valence-electron chi connectivity index (χ2n) is 5.05. The van der Waals surface area contributed by atoms with Crippen molar-refractivity contribution in [3.8, 4) is 0 Å². The van der Waals surface area contributed by atoms with Crippen molar-refractivity contribution in [1.29, 1.82) is 0 Å². The normalized spacial score (nSPS) is 12.7. The van der Waals surface area contributed by atoms with Crippen molar-refractivity contribution in [1.82, 2.24) is 5.32 Å². The summed E-state index contributed by atoms with van der Waals surface area (Å²) in [4.78, 5) is 13.3. The number of rotatable bonds is 4. The molecule has 0 bridgehead atoms. The van der Waals surface area contributed by atoms with E-state index in [2.05, 4.69) is 5.32 Å². The van der Waals surface area contributed by atoms with Crippen LogP contribution in [0.1, 0.15) is 34.5 Å². The second-order valence-corrected chi connectivity index (χ2v) is 5.93. The van der Waals surface area contributed by atoms with Crippen LogP contribution >= 0.6 is 11.8 Å². The molecule has 0 saturated carbocycles. The number of amides is 1. The lowest BCUT2D eigenvalue weighted by molar-refractivity contribution is -0.137. The van der Waals surface area contributed by atoms with Crippen LogP contribution in [0.2, 0.25) is 0 Å². The van der Waals surface area contributed by atoms with Crippen molar-refractivity contribution < 1.29 is 18.0 Å². The molecule has 2 nitrogen and oxygen atoms in total. The molecule has 0 aromatic heterocycles. The molecule has 23 heavy (non-hydrogen) atoms. The van der Waals surface area contributed by atoms with Gasteiger partial charge in [0.15, 0.2) is 0 Å². The first-order valence-electron chi connectivity index (χ1n) is 6.93. The zero-order chi connectivity index (χ0) is 17.0. The molecule has 0 aliphatic rings. The molecule has 0 radical (unpaired) electrons. The maximum Gasteiger partial charge on any atom is 0.416 e. The predicted octanol–water partition coefficient (Wildman–Crippen LogP) is 4.92. The third-order valence-electron chi connectivity index (χ3n) is 3.42. The standard InChI is InChI=1S/C17H16F3NOS/c1-11(12-6-8-15(23-2)9-7-12)21-16(22)13-4-3-5-14(10-13)17(18,19)20/h3-11H,1-2H3,(H,21,22)/t11-/m1/s1. The lowest BCUT2D eigenvalue weighted by Gasteiger charge is -2.15. The SMILES string of the molecule is CSc1ccc([C@@H](C)NC(=O)c2cccc(C(F)(F)F)c2)cc1. The number of benzene rings is 2. The molecule has 1 N–H and O–H groups in total. The van der Waals surface area contributed by atoms with Crippen LogP contribution in [0.3, 0.4) is 0 Å². The van der Waals surface area contributed by atoms with E-state index < -0.39 is 17.6 Å². The van der Waals surface area contributed by atoms with Crippen LogP contribution in [0.15, 0.2) is 53.4 Å². The molecule has 0 aliphatic carbocycles. The first-order chi connectivity index (χ1) is 10.8. The van der Waals surface area contributed by atoms with Crippen LogP contribution in [-0.2, 0) is 6.18 Å². The van der Waals surface area contributed by atoms with E-state index in [0.29, 0.717) is 0 Å². The summed E-state index contributed by atoms with van der Waals surface area (Å²) in [5.41, 5.74) is 0.0534. The van der Waals surface area contributed by atoms with Gasteiger partial charge in [-0.05, 0) is 49.1 Å². The minimum absolute atomic E-state index is 0.00703. The van der Waals surface area contributed by atoms with Gasteiger partial charge in [0, 0.05) is 10.5 Å². The first kappa shape index (κ1) is 17.4. The van der Waals surface area contributed by atoms with E-state index >= 15 is 0 Å². The Balaban J connectivity index is 2.11. The topological polar surface area (TPSA) is 29.1 Å². The van der Waals surface area contributed by atoms with E-state index in [9.17, 15) is 18.0 Å². The Hall–Kier alpha value is -1.95. The minimum Gasteiger partial charge on any atom is -0.346 e. The number of alkyl halides is 3. The summed E-state index contributed by atoms with van der Waals surface area (Å²) in [6.45, 7) is 1.79. The van der Waals surface area contributed by atoms with E-state index in [1.807, 2.05) is 30.5 Å². The van der Waals surface area contributed by atoms with Crippen molar-refractivity contribution in [2.75, 3.05) is 6.26 Å². The van der Waals surface area contributed by atoms with Crippen LogP contribution < -0.4 is 5.32 Å². The summed E-state index contributed by atoms with van der Waals surface area (Å²) >= 11 is 1.61. The van der Waals surface area contributed by atoms with Gasteiger partial charge in [0.2, 0.25) is 0 Å². The Bertz CT molecular complexity index is 683. The van der Waals surface area contributed by atoms with Gasteiger partial charge in [-0.15, -0.1) is 11.8 Å². The van der Waals surface area contributed by atoms with Crippen molar-refractivity contribution in [3.05, 3.63) is 65.2 Å². The molecule has 0 heterocycles. The van der Waals surface area contributed by atoms with Crippen LogP contribution in [-0.4, -0.2) is 12.2 Å². The Labute approximate surface area is 137 Å². The first-order valence-corrected chi connectivity index (χ1v) is 8.16. The number of nitrogens with one attached hydrogen (secondary N) is 1. The number of hydrogen-bond donors (Lipinski definition) is 1. The van der Waals surface area contributed by atoms with E-state index in [1.54, 1.807) is 18.7 Å². The molecule has 0 fully saturated rings. The number of carbonyl (C=O) groups is 1. The maximum atomic E-state index is 12.7. The molecule has 1 amide bonds. The fourth-order valence-corrected chi connectivity index (χ4v) is 2.50. The summed E-state index contributed by atoms with van der Waals surface area (Å²) < 4.78 is 38.1. The average Bonchev–Trinajstić information content (AvgIpc) is 2.54. The number of hydrogen-bond acceptors (Lipinski definition) is 2. The third kappa shape index (κ3) is 4.51. The third-order valence-corrected chi connectivity index (χ3v) is 4.16. The highest BCUT2D eigenvalue weighted by Gasteiger charge is 2.30. The van der Waals surface area contributed by atoms with Gasteiger partial charge in [-0.1, -0.05) is 18.2 Å². The molecule has 2 aromatic rings. The summed E-state index contributed by atoms with van der Waals surface area (Å²) in [6, 6.07) is 11.8. The number of carbonyl (C=O) groups excluding carboxylic acids is 1. The molecule has 0 spiro atoms. The highest BCUT2D eigenvalue weighted by atomic mass is 32.2. The predicted molar refractivity (Wildman–Crippen MR) is 85.5 cm³/mol. The summed E-state index contributed by atoms with van der Waals surface area (Å²) in [5.74, 6) is -0.530. The van der Waals surface area contributed by atoms with Crippen molar-refractivity contribution >= 4 is 17.7 Å². The summed E-state index contributed by atoms with van der Waals surface area (Å²) in [6.07, 6.45) is -2.50. The Morgan fingerprint density at radius 2 is 1.78 bits per heavy atom. The molecule has 0 unspecified atom stereocenters. The van der Waals surface area contributed by atoms with E-state index in [0.717, 1.165) is 22.6 Å². The second kappa shape index (κ2) is 7.08. The lowest BCUT2D eigenvalue weighted by Crippen LogP contribution is -2.26. The highest BCUT2D eigenvalue weighted by Crippen LogP contribution is 2.29. The van der Waals surface area contributed by atoms with Crippen LogP contribution in [0.4, 0.5) is 13.2 Å². The van der Waals surface area contributed by atoms with Crippen molar-refractivity contribution in [2.24, 2.45) is 0 Å². The Morgan fingerprint density at radius 1 is 1.13 bits per heavy atom. The van der Waals surface area contributed by atoms with Gasteiger partial charge in [0.25, 0.3) is 5.91 Å². The van der Waals surface area contributed by atoms with E-state index in [4.69, 9.17) is 0 Å². The van der Waals surface area contributed by atoms with Crippen LogP contribution in [0.25, 0.3) is 0 Å². The minimum atomic E-state index is -4.46. The lowest BCUT2D eigenvalue weighted by atomic mass is 10.1.